The van der Waals surface area contributed by atoms with E-state index in [9.17, 15) is 10.2 Å². The number of aliphatic hydroxyl groups excluding tert-OH is 2. The fourth-order valence-electron chi connectivity index (χ4n) is 0.885. The zero-order valence-electron chi connectivity index (χ0n) is 6.90. The lowest BCUT2D eigenvalue weighted by atomic mass is 10.1. The van der Waals surface area contributed by atoms with Gasteiger partial charge < -0.3 is 14.6 Å². The second-order valence-corrected chi connectivity index (χ2v) is 2.75. The van der Waals surface area contributed by atoms with Crippen molar-refractivity contribution in [3.63, 3.8) is 0 Å². The molecule has 0 aromatic carbocycles. The van der Waals surface area contributed by atoms with E-state index in [2.05, 4.69) is 6.58 Å². The van der Waals surface area contributed by atoms with E-state index in [1.54, 1.807) is 19.1 Å². The van der Waals surface area contributed by atoms with Gasteiger partial charge in [0.15, 0.2) is 0 Å². The molecule has 0 fully saturated rings. The van der Waals surface area contributed by atoms with Crippen LogP contribution in [0.2, 0.25) is 0 Å². The predicted octanol–water partition coefficient (Wildman–Crippen LogP) is 1.25. The summed E-state index contributed by atoms with van der Waals surface area (Å²) in [5.41, 5.74) is 0.513. The van der Waals surface area contributed by atoms with Gasteiger partial charge in [-0.05, 0) is 24.6 Å². The van der Waals surface area contributed by atoms with E-state index in [-0.39, 0.29) is 0 Å². The minimum absolute atomic E-state index is 0.352. The summed E-state index contributed by atoms with van der Waals surface area (Å²) in [7, 11) is 0. The molecule has 0 aliphatic rings. The highest BCUT2D eigenvalue weighted by atomic mass is 16.4. The van der Waals surface area contributed by atoms with Crippen molar-refractivity contribution in [1.29, 1.82) is 0 Å². The first-order valence-corrected chi connectivity index (χ1v) is 3.68. The highest BCUT2D eigenvalue weighted by Crippen LogP contribution is 2.20. The van der Waals surface area contributed by atoms with Gasteiger partial charge in [0, 0.05) is 0 Å². The number of hydrogen-bond acceptors (Lipinski definition) is 3. The van der Waals surface area contributed by atoms with Crippen LogP contribution in [-0.4, -0.2) is 16.3 Å². The minimum atomic E-state index is -1.02. The topological polar surface area (TPSA) is 53.6 Å². The Morgan fingerprint density at radius 2 is 2.25 bits per heavy atom. The number of aliphatic hydroxyl groups is 2. The predicted molar refractivity (Wildman–Crippen MR) is 44.5 cm³/mol. The van der Waals surface area contributed by atoms with Gasteiger partial charge in [0.1, 0.15) is 18.0 Å². The summed E-state index contributed by atoms with van der Waals surface area (Å²) in [6.45, 7) is 5.18. The molecular formula is C9H12O3. The Bertz CT molecular complexity index is 251. The maximum atomic E-state index is 9.44. The highest BCUT2D eigenvalue weighted by Gasteiger charge is 2.20. The third-order valence-corrected chi connectivity index (χ3v) is 1.64. The van der Waals surface area contributed by atoms with E-state index in [0.717, 1.165) is 0 Å². The Morgan fingerprint density at radius 1 is 1.58 bits per heavy atom. The molecule has 0 radical (unpaired) electrons. The van der Waals surface area contributed by atoms with Crippen LogP contribution in [0.15, 0.2) is 35.0 Å². The fraction of sp³-hybridized carbons (Fsp3) is 0.333. The smallest absolute Gasteiger partial charge is 0.141 e. The van der Waals surface area contributed by atoms with Crippen molar-refractivity contribution >= 4 is 0 Å². The van der Waals surface area contributed by atoms with Crippen molar-refractivity contribution in [3.05, 3.63) is 36.3 Å². The van der Waals surface area contributed by atoms with Crippen molar-refractivity contribution < 1.29 is 14.6 Å². The van der Waals surface area contributed by atoms with Crippen LogP contribution in [0.3, 0.4) is 0 Å². The van der Waals surface area contributed by atoms with Crippen LogP contribution >= 0.6 is 0 Å². The molecule has 3 heteroatoms. The van der Waals surface area contributed by atoms with Gasteiger partial charge >= 0.3 is 0 Å². The zero-order valence-corrected chi connectivity index (χ0v) is 6.90. The van der Waals surface area contributed by atoms with Gasteiger partial charge in [-0.2, -0.15) is 0 Å². The third kappa shape index (κ3) is 1.75. The largest absolute Gasteiger partial charge is 0.466 e. The Kier molecular flexibility index (Phi) is 2.68. The van der Waals surface area contributed by atoms with Crippen LogP contribution in [0.4, 0.5) is 0 Å². The van der Waals surface area contributed by atoms with E-state index < -0.39 is 12.2 Å². The van der Waals surface area contributed by atoms with Gasteiger partial charge in [-0.25, -0.2) is 0 Å². The minimum Gasteiger partial charge on any atom is -0.466 e. The molecule has 0 aliphatic carbocycles. The number of hydrogen-bond donors (Lipinski definition) is 2. The molecule has 0 saturated heterocycles. The zero-order chi connectivity index (χ0) is 9.14. The van der Waals surface area contributed by atoms with Gasteiger partial charge in [0.25, 0.3) is 0 Å². The molecule has 1 rings (SSSR count). The van der Waals surface area contributed by atoms with Gasteiger partial charge in [0.05, 0.1) is 6.26 Å². The summed E-state index contributed by atoms with van der Waals surface area (Å²) in [4.78, 5) is 0. The number of rotatable bonds is 3. The van der Waals surface area contributed by atoms with Crippen LogP contribution < -0.4 is 0 Å². The lowest BCUT2D eigenvalue weighted by molar-refractivity contribution is 0.0272. The summed E-state index contributed by atoms with van der Waals surface area (Å²) in [5, 5.41) is 18.8. The SMILES string of the molecule is C=C(C)C(O)C(O)c1ccco1. The molecule has 2 N–H and O–H groups in total. The standard InChI is InChI=1S/C9H12O3/c1-6(2)8(10)9(11)7-4-3-5-12-7/h3-5,8-11H,1H2,2H3. The summed E-state index contributed by atoms with van der Waals surface area (Å²) in [6.07, 6.45) is -0.530. The molecule has 12 heavy (non-hydrogen) atoms. The quantitative estimate of drug-likeness (QED) is 0.668. The molecule has 2 atom stereocenters. The average molecular weight is 168 g/mol. The van der Waals surface area contributed by atoms with Crippen molar-refractivity contribution in [2.45, 2.75) is 19.1 Å². The third-order valence-electron chi connectivity index (χ3n) is 1.64. The van der Waals surface area contributed by atoms with Crippen LogP contribution in [0, 0.1) is 0 Å². The van der Waals surface area contributed by atoms with Gasteiger partial charge in [-0.15, -0.1) is 0 Å². The molecule has 2 unspecified atom stereocenters. The van der Waals surface area contributed by atoms with Gasteiger partial charge in [-0.3, -0.25) is 0 Å². The molecule has 0 bridgehead atoms. The number of furan rings is 1. The van der Waals surface area contributed by atoms with E-state index in [1.165, 1.54) is 6.26 Å². The second-order valence-electron chi connectivity index (χ2n) is 2.75. The maximum Gasteiger partial charge on any atom is 0.141 e. The molecule has 1 aromatic heterocycles. The summed E-state index contributed by atoms with van der Waals surface area (Å²) in [6, 6.07) is 3.26. The van der Waals surface area contributed by atoms with Gasteiger partial charge in [0.2, 0.25) is 0 Å². The van der Waals surface area contributed by atoms with Crippen LogP contribution in [0.5, 0.6) is 0 Å². The monoisotopic (exact) mass is 168 g/mol. The molecule has 1 aromatic rings. The summed E-state index contributed by atoms with van der Waals surface area (Å²) >= 11 is 0. The van der Waals surface area contributed by atoms with E-state index in [0.29, 0.717) is 11.3 Å². The van der Waals surface area contributed by atoms with Crippen molar-refractivity contribution in [2.75, 3.05) is 0 Å². The first-order chi connectivity index (χ1) is 5.63. The first-order valence-electron chi connectivity index (χ1n) is 3.68. The maximum absolute atomic E-state index is 9.44. The normalized spacial score (nSPS) is 15.6. The lowest BCUT2D eigenvalue weighted by Crippen LogP contribution is -2.18. The van der Waals surface area contributed by atoms with Crippen LogP contribution in [0.1, 0.15) is 18.8 Å². The Morgan fingerprint density at radius 3 is 2.67 bits per heavy atom. The average Bonchev–Trinajstić information content (AvgIpc) is 2.53. The molecule has 0 saturated carbocycles. The Hall–Kier alpha value is -1.06. The van der Waals surface area contributed by atoms with E-state index in [4.69, 9.17) is 4.42 Å². The van der Waals surface area contributed by atoms with Crippen molar-refractivity contribution in [2.24, 2.45) is 0 Å². The molecular weight excluding hydrogens is 156 g/mol. The van der Waals surface area contributed by atoms with Crippen LogP contribution in [-0.2, 0) is 0 Å². The summed E-state index contributed by atoms with van der Waals surface area (Å²) < 4.78 is 4.92. The Balaban J connectivity index is 2.71. The first kappa shape index (κ1) is 9.03. The summed E-state index contributed by atoms with van der Waals surface area (Å²) in [5.74, 6) is 0.352. The Labute approximate surface area is 70.9 Å². The molecule has 3 nitrogen and oxygen atoms in total. The highest BCUT2D eigenvalue weighted by molar-refractivity contribution is 5.10. The van der Waals surface area contributed by atoms with Gasteiger partial charge in [-0.1, -0.05) is 6.58 Å². The van der Waals surface area contributed by atoms with Crippen molar-refractivity contribution in [1.82, 2.24) is 0 Å². The molecule has 1 heterocycles. The lowest BCUT2D eigenvalue weighted by Gasteiger charge is -2.15. The molecule has 0 amide bonds. The fourth-order valence-corrected chi connectivity index (χ4v) is 0.885. The van der Waals surface area contributed by atoms with E-state index >= 15 is 0 Å². The van der Waals surface area contributed by atoms with Crippen LogP contribution in [0.25, 0.3) is 0 Å². The molecule has 0 spiro atoms. The van der Waals surface area contributed by atoms with Crippen molar-refractivity contribution in [3.8, 4) is 0 Å². The van der Waals surface area contributed by atoms with E-state index in [1.807, 2.05) is 0 Å². The molecule has 0 aliphatic heterocycles. The second kappa shape index (κ2) is 3.56. The molecule has 66 valence electrons.